The van der Waals surface area contributed by atoms with Crippen molar-refractivity contribution in [1.29, 1.82) is 5.26 Å². The molecule has 0 aliphatic heterocycles. The zero-order valence-electron chi connectivity index (χ0n) is 15.1. The van der Waals surface area contributed by atoms with Crippen LogP contribution in [0.15, 0.2) is 47.5 Å². The Morgan fingerprint density at radius 3 is 2.50 bits per heavy atom. The molecule has 7 nitrogen and oxygen atoms in total. The number of aryl methyl sites for hydroxylation is 1. The largest absolute Gasteiger partial charge is 0.322 e. The molecule has 0 radical (unpaired) electrons. The van der Waals surface area contributed by atoms with E-state index in [9.17, 15) is 13.2 Å². The topological polar surface area (TPSA) is 113 Å². The minimum Gasteiger partial charge on any atom is -0.322 e. The summed E-state index contributed by atoms with van der Waals surface area (Å²) in [5.41, 5.74) is 2.78. The predicted octanol–water partition coefficient (Wildman–Crippen LogP) is 2.96. The van der Waals surface area contributed by atoms with Crippen molar-refractivity contribution in [2.45, 2.75) is 18.2 Å². The van der Waals surface area contributed by atoms with Crippen LogP contribution >= 0.6 is 11.5 Å². The first-order valence-corrected chi connectivity index (χ1v) is 10.9. The average molecular weight is 412 g/mol. The number of sulfone groups is 1. The first-order chi connectivity index (χ1) is 13.3. The van der Waals surface area contributed by atoms with E-state index in [4.69, 9.17) is 5.26 Å². The van der Waals surface area contributed by atoms with Gasteiger partial charge in [-0.2, -0.15) is 9.64 Å². The van der Waals surface area contributed by atoms with E-state index >= 15 is 0 Å². The molecule has 0 spiro atoms. The Kier molecular flexibility index (Phi) is 5.53. The van der Waals surface area contributed by atoms with Gasteiger partial charge in [0.2, 0.25) is 0 Å². The van der Waals surface area contributed by atoms with Gasteiger partial charge in [-0.3, -0.25) is 9.78 Å². The minimum atomic E-state index is -3.29. The van der Waals surface area contributed by atoms with Crippen LogP contribution in [0.25, 0.3) is 0 Å². The number of nitrogens with one attached hydrogen (secondary N) is 1. The number of aromatic nitrogens is 2. The molecule has 0 saturated carbocycles. The highest BCUT2D eigenvalue weighted by molar-refractivity contribution is 7.90. The summed E-state index contributed by atoms with van der Waals surface area (Å²) in [6.07, 6.45) is 3.05. The first kappa shape index (κ1) is 19.7. The maximum Gasteiger partial charge on any atom is 0.258 e. The van der Waals surface area contributed by atoms with Crippen molar-refractivity contribution in [3.63, 3.8) is 0 Å². The van der Waals surface area contributed by atoms with E-state index in [1.54, 1.807) is 31.2 Å². The summed E-state index contributed by atoms with van der Waals surface area (Å²) < 4.78 is 27.4. The van der Waals surface area contributed by atoms with Gasteiger partial charge in [-0.25, -0.2) is 8.42 Å². The molecule has 1 amide bonds. The van der Waals surface area contributed by atoms with Gasteiger partial charge in [-0.15, -0.1) is 0 Å². The number of anilines is 1. The zero-order chi connectivity index (χ0) is 20.3. The third kappa shape index (κ3) is 4.42. The van der Waals surface area contributed by atoms with Gasteiger partial charge in [0.15, 0.2) is 9.84 Å². The third-order valence-corrected chi connectivity index (χ3v) is 6.06. The molecule has 2 heterocycles. The Labute approximate surface area is 166 Å². The summed E-state index contributed by atoms with van der Waals surface area (Å²) in [7, 11) is -3.29. The molecule has 0 fully saturated rings. The fraction of sp³-hybridized carbons (Fsp3) is 0.158. The normalized spacial score (nSPS) is 11.0. The lowest BCUT2D eigenvalue weighted by Crippen LogP contribution is -2.14. The Hall–Kier alpha value is -3.09. The molecule has 9 heteroatoms. The summed E-state index contributed by atoms with van der Waals surface area (Å²) >= 11 is 1.23. The van der Waals surface area contributed by atoms with Crippen LogP contribution in [0.4, 0.5) is 5.69 Å². The molecule has 1 N–H and O–H groups in total. The highest BCUT2D eigenvalue weighted by Crippen LogP contribution is 2.23. The van der Waals surface area contributed by atoms with Crippen LogP contribution in [0.5, 0.6) is 0 Å². The van der Waals surface area contributed by atoms with E-state index in [1.807, 2.05) is 6.07 Å². The summed E-state index contributed by atoms with van der Waals surface area (Å²) in [6.45, 7) is 1.76. The lowest BCUT2D eigenvalue weighted by molar-refractivity contribution is 0.102. The smallest absolute Gasteiger partial charge is 0.258 e. The number of nitrogens with zero attached hydrogens (tertiary/aromatic N) is 3. The predicted molar refractivity (Wildman–Crippen MR) is 106 cm³/mol. The Morgan fingerprint density at radius 2 is 1.93 bits per heavy atom. The van der Waals surface area contributed by atoms with Crippen LogP contribution in [0, 0.1) is 18.3 Å². The lowest BCUT2D eigenvalue weighted by atomic mass is 10.1. The van der Waals surface area contributed by atoms with Crippen LogP contribution in [0.2, 0.25) is 0 Å². The summed E-state index contributed by atoms with van der Waals surface area (Å²) in [4.78, 5) is 18.0. The fourth-order valence-corrected chi connectivity index (χ4v) is 4.08. The molecule has 0 bridgehead atoms. The maximum atomic E-state index is 12.8. The average Bonchev–Trinajstić information content (AvgIpc) is 3.02. The Balaban J connectivity index is 1.80. The molecular weight excluding hydrogens is 396 g/mol. The summed E-state index contributed by atoms with van der Waals surface area (Å²) in [6, 6.07) is 11.4. The van der Waals surface area contributed by atoms with E-state index in [0.717, 1.165) is 16.8 Å². The minimum absolute atomic E-state index is 0.187. The quantitative estimate of drug-likeness (QED) is 0.689. The number of amides is 1. The number of carbonyl (C=O) groups excluding carboxylic acids is 1. The molecule has 0 atom stereocenters. The molecule has 0 saturated heterocycles. The van der Waals surface area contributed by atoms with Crippen LogP contribution in [0.3, 0.4) is 0 Å². The van der Waals surface area contributed by atoms with Gasteiger partial charge in [0.05, 0.1) is 21.7 Å². The van der Waals surface area contributed by atoms with Crippen LogP contribution < -0.4 is 5.32 Å². The lowest BCUT2D eigenvalue weighted by Gasteiger charge is -2.08. The molecule has 0 unspecified atom stereocenters. The van der Waals surface area contributed by atoms with Gasteiger partial charge in [0, 0.05) is 35.1 Å². The monoisotopic (exact) mass is 412 g/mol. The summed E-state index contributed by atoms with van der Waals surface area (Å²) in [5, 5.41) is 11.6. The van der Waals surface area contributed by atoms with Gasteiger partial charge in [0.1, 0.15) is 6.07 Å². The molecule has 2 aromatic heterocycles. The van der Waals surface area contributed by atoms with Gasteiger partial charge < -0.3 is 5.32 Å². The number of nitriles is 1. The fourth-order valence-electron chi connectivity index (χ4n) is 2.57. The highest BCUT2D eigenvalue weighted by Gasteiger charge is 2.19. The van der Waals surface area contributed by atoms with Crippen LogP contribution in [-0.2, 0) is 16.3 Å². The second-order valence-electron chi connectivity index (χ2n) is 6.14. The second-order valence-corrected chi connectivity index (χ2v) is 9.02. The van der Waals surface area contributed by atoms with Gasteiger partial charge >= 0.3 is 0 Å². The zero-order valence-corrected chi connectivity index (χ0v) is 16.8. The van der Waals surface area contributed by atoms with E-state index in [2.05, 4.69) is 14.7 Å². The van der Waals surface area contributed by atoms with Crippen molar-refractivity contribution in [3.05, 3.63) is 70.0 Å². The van der Waals surface area contributed by atoms with E-state index in [1.165, 1.54) is 29.9 Å². The van der Waals surface area contributed by atoms with Crippen molar-refractivity contribution in [2.75, 3.05) is 11.6 Å². The second kappa shape index (κ2) is 7.88. The van der Waals surface area contributed by atoms with E-state index in [0.29, 0.717) is 28.9 Å². The highest BCUT2D eigenvalue weighted by atomic mass is 32.2. The standard InChI is InChI=1S/C19H16N4O3S2/c1-12-18(17(27-23-12)9-15-4-3-13(10-20)11-21-15)19(24)22-14-5-7-16(8-6-14)28(2,25)26/h3-8,11H,9H2,1-2H3,(H,22,24). The Bertz CT molecular complexity index is 1160. The number of carbonyl (C=O) groups is 1. The van der Waals surface area contributed by atoms with Crippen molar-refractivity contribution < 1.29 is 13.2 Å². The van der Waals surface area contributed by atoms with Crippen LogP contribution in [-0.4, -0.2) is 29.9 Å². The van der Waals surface area contributed by atoms with E-state index < -0.39 is 9.84 Å². The molecule has 3 aromatic rings. The van der Waals surface area contributed by atoms with Crippen molar-refractivity contribution in [3.8, 4) is 6.07 Å². The molecule has 0 aliphatic carbocycles. The molecule has 0 aliphatic rings. The van der Waals surface area contributed by atoms with Crippen molar-refractivity contribution in [1.82, 2.24) is 9.36 Å². The first-order valence-electron chi connectivity index (χ1n) is 8.19. The molecular formula is C19H16N4O3S2. The molecule has 28 heavy (non-hydrogen) atoms. The number of rotatable bonds is 5. The van der Waals surface area contributed by atoms with Crippen LogP contribution in [0.1, 0.15) is 32.2 Å². The van der Waals surface area contributed by atoms with Gasteiger partial charge in [-0.05, 0) is 54.9 Å². The number of benzene rings is 1. The van der Waals surface area contributed by atoms with Gasteiger partial charge in [-0.1, -0.05) is 0 Å². The number of pyridine rings is 1. The molecule has 3 rings (SSSR count). The maximum absolute atomic E-state index is 12.8. The van der Waals surface area contributed by atoms with E-state index in [-0.39, 0.29) is 10.8 Å². The summed E-state index contributed by atoms with van der Waals surface area (Å²) in [5.74, 6) is -0.318. The number of hydrogen-bond donors (Lipinski definition) is 1. The third-order valence-electron chi connectivity index (χ3n) is 4.00. The van der Waals surface area contributed by atoms with Crippen molar-refractivity contribution >= 4 is 33.0 Å². The van der Waals surface area contributed by atoms with Crippen molar-refractivity contribution in [2.24, 2.45) is 0 Å². The molecule has 142 valence electrons. The number of hydrogen-bond acceptors (Lipinski definition) is 7. The Morgan fingerprint density at radius 1 is 1.21 bits per heavy atom. The van der Waals surface area contributed by atoms with Gasteiger partial charge in [0.25, 0.3) is 5.91 Å². The SMILES string of the molecule is Cc1nsc(Cc2ccc(C#N)cn2)c1C(=O)Nc1ccc(S(C)(=O)=O)cc1. The molecule has 1 aromatic carbocycles.